The van der Waals surface area contributed by atoms with E-state index in [9.17, 15) is 12.8 Å². The van der Waals surface area contributed by atoms with Crippen molar-refractivity contribution in [1.29, 1.82) is 0 Å². The Hall–Kier alpha value is -1.96. The Kier molecular flexibility index (Phi) is 7.36. The quantitative estimate of drug-likeness (QED) is 0.634. The Bertz CT molecular complexity index is 764. The molecule has 136 valence electrons. The molecule has 0 amide bonds. The number of sulfonamides is 1. The first-order valence-electron chi connectivity index (χ1n) is 8.04. The van der Waals surface area contributed by atoms with Crippen LogP contribution in [-0.2, 0) is 23.2 Å². The summed E-state index contributed by atoms with van der Waals surface area (Å²) in [4.78, 5) is 0. The average Bonchev–Trinajstić information content (AvgIpc) is 2.56. The largest absolute Gasteiger partial charge is 0.489 e. The van der Waals surface area contributed by atoms with E-state index in [0.29, 0.717) is 19.7 Å². The van der Waals surface area contributed by atoms with Crippen molar-refractivity contribution in [1.82, 2.24) is 10.0 Å². The molecule has 0 bridgehead atoms. The standard InChI is InChI=1S/C18H23FN2O3S/c1-25(22,23)21-11-3-10-20-13-15-6-8-18(9-7-15)24-14-16-4-2-5-17(19)12-16/h2,4-9,12,20-21H,3,10-11,13-14H2,1H3. The van der Waals surface area contributed by atoms with E-state index >= 15 is 0 Å². The van der Waals surface area contributed by atoms with Gasteiger partial charge in [-0.1, -0.05) is 24.3 Å². The average molecular weight is 366 g/mol. The fourth-order valence-electron chi connectivity index (χ4n) is 2.20. The van der Waals surface area contributed by atoms with Crippen LogP contribution < -0.4 is 14.8 Å². The molecule has 7 heteroatoms. The molecule has 0 saturated carbocycles. The zero-order valence-electron chi connectivity index (χ0n) is 14.2. The summed E-state index contributed by atoms with van der Waals surface area (Å²) in [5.41, 5.74) is 1.89. The molecular weight excluding hydrogens is 343 g/mol. The number of nitrogens with one attached hydrogen (secondary N) is 2. The third kappa shape index (κ3) is 8.11. The molecule has 0 fully saturated rings. The Labute approximate surface area is 148 Å². The van der Waals surface area contributed by atoms with Gasteiger partial charge in [0.25, 0.3) is 0 Å². The van der Waals surface area contributed by atoms with E-state index < -0.39 is 10.0 Å². The number of rotatable bonds is 10. The van der Waals surface area contributed by atoms with Crippen molar-refractivity contribution in [2.24, 2.45) is 0 Å². The van der Waals surface area contributed by atoms with Gasteiger partial charge in [0.15, 0.2) is 0 Å². The zero-order valence-corrected chi connectivity index (χ0v) is 15.0. The third-order valence-electron chi connectivity index (χ3n) is 3.44. The second kappa shape index (κ2) is 9.50. The molecule has 0 aromatic heterocycles. The number of halogens is 1. The molecule has 0 spiro atoms. The van der Waals surface area contributed by atoms with Gasteiger partial charge in [-0.2, -0.15) is 0 Å². The zero-order chi connectivity index (χ0) is 18.1. The lowest BCUT2D eigenvalue weighted by Gasteiger charge is -2.08. The van der Waals surface area contributed by atoms with Crippen molar-refractivity contribution in [3.05, 3.63) is 65.5 Å². The van der Waals surface area contributed by atoms with Gasteiger partial charge in [0, 0.05) is 13.1 Å². The van der Waals surface area contributed by atoms with E-state index in [2.05, 4.69) is 10.0 Å². The van der Waals surface area contributed by atoms with Crippen LogP contribution in [0.2, 0.25) is 0 Å². The smallest absolute Gasteiger partial charge is 0.208 e. The van der Waals surface area contributed by atoms with E-state index in [0.717, 1.165) is 36.1 Å². The first kappa shape index (κ1) is 19.4. The topological polar surface area (TPSA) is 67.4 Å². The fraction of sp³-hybridized carbons (Fsp3) is 0.333. The van der Waals surface area contributed by atoms with Crippen LogP contribution >= 0.6 is 0 Å². The van der Waals surface area contributed by atoms with Crippen LogP contribution in [0.25, 0.3) is 0 Å². The van der Waals surface area contributed by atoms with Crippen molar-refractivity contribution in [3.8, 4) is 5.75 Å². The molecule has 0 aliphatic carbocycles. The van der Waals surface area contributed by atoms with Gasteiger partial charge in [0.2, 0.25) is 10.0 Å². The van der Waals surface area contributed by atoms with Gasteiger partial charge in [-0.15, -0.1) is 0 Å². The van der Waals surface area contributed by atoms with Crippen molar-refractivity contribution in [2.45, 2.75) is 19.6 Å². The number of ether oxygens (including phenoxy) is 1. The maximum absolute atomic E-state index is 13.1. The van der Waals surface area contributed by atoms with Crippen LogP contribution in [0.4, 0.5) is 4.39 Å². The van der Waals surface area contributed by atoms with Gasteiger partial charge in [-0.05, 0) is 48.4 Å². The van der Waals surface area contributed by atoms with E-state index in [1.165, 1.54) is 12.1 Å². The highest BCUT2D eigenvalue weighted by molar-refractivity contribution is 7.88. The van der Waals surface area contributed by atoms with Crippen LogP contribution in [0.5, 0.6) is 5.75 Å². The summed E-state index contributed by atoms with van der Waals surface area (Å²) < 4.78 is 43.0. The van der Waals surface area contributed by atoms with E-state index in [1.807, 2.05) is 30.3 Å². The number of hydrogen-bond donors (Lipinski definition) is 2. The van der Waals surface area contributed by atoms with Crippen LogP contribution in [0.15, 0.2) is 48.5 Å². The molecule has 2 aromatic carbocycles. The molecule has 0 atom stereocenters. The highest BCUT2D eigenvalue weighted by atomic mass is 32.2. The summed E-state index contributed by atoms with van der Waals surface area (Å²) >= 11 is 0. The molecule has 0 aliphatic heterocycles. The Morgan fingerprint density at radius 3 is 2.48 bits per heavy atom. The number of benzene rings is 2. The highest BCUT2D eigenvalue weighted by Crippen LogP contribution is 2.14. The fourth-order valence-corrected chi connectivity index (χ4v) is 2.72. The summed E-state index contributed by atoms with van der Waals surface area (Å²) in [6, 6.07) is 14.0. The molecule has 5 nitrogen and oxygen atoms in total. The summed E-state index contributed by atoms with van der Waals surface area (Å²) in [5.74, 6) is 0.458. The van der Waals surface area contributed by atoms with E-state index in [1.54, 1.807) is 6.07 Å². The molecule has 0 aliphatic rings. The monoisotopic (exact) mass is 366 g/mol. The van der Waals surface area contributed by atoms with Gasteiger partial charge in [0.05, 0.1) is 6.26 Å². The summed E-state index contributed by atoms with van der Waals surface area (Å²) in [6.07, 6.45) is 1.88. The first-order valence-corrected chi connectivity index (χ1v) is 9.93. The summed E-state index contributed by atoms with van der Waals surface area (Å²) in [6.45, 7) is 2.17. The third-order valence-corrected chi connectivity index (χ3v) is 4.17. The highest BCUT2D eigenvalue weighted by Gasteiger charge is 2.00. The minimum absolute atomic E-state index is 0.269. The number of hydrogen-bond acceptors (Lipinski definition) is 4. The lowest BCUT2D eigenvalue weighted by molar-refractivity contribution is 0.305. The molecule has 0 radical (unpaired) electrons. The Morgan fingerprint density at radius 2 is 1.80 bits per heavy atom. The minimum atomic E-state index is -3.11. The minimum Gasteiger partial charge on any atom is -0.489 e. The van der Waals surface area contributed by atoms with Gasteiger partial charge < -0.3 is 10.1 Å². The molecule has 2 aromatic rings. The molecule has 0 saturated heterocycles. The molecule has 0 unspecified atom stereocenters. The molecule has 2 N–H and O–H groups in total. The lowest BCUT2D eigenvalue weighted by atomic mass is 10.2. The second-order valence-electron chi connectivity index (χ2n) is 5.76. The second-order valence-corrected chi connectivity index (χ2v) is 7.59. The van der Waals surface area contributed by atoms with Gasteiger partial charge in [-0.25, -0.2) is 17.5 Å². The molecule has 0 heterocycles. The van der Waals surface area contributed by atoms with E-state index in [4.69, 9.17) is 4.74 Å². The maximum atomic E-state index is 13.1. The SMILES string of the molecule is CS(=O)(=O)NCCCNCc1ccc(OCc2cccc(F)c2)cc1. The molecular formula is C18H23FN2O3S. The van der Waals surface area contributed by atoms with Gasteiger partial charge in [0.1, 0.15) is 18.2 Å². The first-order chi connectivity index (χ1) is 11.9. The van der Waals surface area contributed by atoms with Crippen molar-refractivity contribution < 1.29 is 17.5 Å². The van der Waals surface area contributed by atoms with Crippen LogP contribution in [-0.4, -0.2) is 27.8 Å². The van der Waals surface area contributed by atoms with Crippen LogP contribution in [0.1, 0.15) is 17.5 Å². The van der Waals surface area contributed by atoms with Crippen LogP contribution in [0.3, 0.4) is 0 Å². The van der Waals surface area contributed by atoms with Crippen molar-refractivity contribution >= 4 is 10.0 Å². The molecule has 25 heavy (non-hydrogen) atoms. The van der Waals surface area contributed by atoms with Gasteiger partial charge >= 0.3 is 0 Å². The predicted octanol–water partition coefficient (Wildman–Crippen LogP) is 2.43. The predicted molar refractivity (Wildman–Crippen MR) is 96.3 cm³/mol. The lowest BCUT2D eigenvalue weighted by Crippen LogP contribution is -2.26. The van der Waals surface area contributed by atoms with Crippen molar-refractivity contribution in [2.75, 3.05) is 19.3 Å². The summed E-state index contributed by atoms with van der Waals surface area (Å²) in [7, 11) is -3.11. The summed E-state index contributed by atoms with van der Waals surface area (Å²) in [5, 5.41) is 3.25. The van der Waals surface area contributed by atoms with Crippen molar-refractivity contribution in [3.63, 3.8) is 0 Å². The maximum Gasteiger partial charge on any atom is 0.208 e. The normalized spacial score (nSPS) is 11.4. The van der Waals surface area contributed by atoms with Gasteiger partial charge in [-0.3, -0.25) is 0 Å². The molecule has 2 rings (SSSR count). The Morgan fingerprint density at radius 1 is 1.04 bits per heavy atom. The Balaban J connectivity index is 1.67. The van der Waals surface area contributed by atoms with Crippen LogP contribution in [0, 0.1) is 5.82 Å². The van der Waals surface area contributed by atoms with E-state index in [-0.39, 0.29) is 5.82 Å².